The number of rotatable bonds is 4. The summed E-state index contributed by atoms with van der Waals surface area (Å²) >= 11 is 0. The number of furan rings is 1. The van der Waals surface area contributed by atoms with Crippen molar-refractivity contribution in [2.45, 2.75) is 52.0 Å². The topological polar surface area (TPSA) is 59.4 Å². The van der Waals surface area contributed by atoms with Crippen molar-refractivity contribution in [1.29, 1.82) is 0 Å². The molecule has 0 aliphatic heterocycles. The molecule has 24 heavy (non-hydrogen) atoms. The standard InChI is InChI=1S/C21H27NO2/c1-13-4-7-16(8-5-13)17-10-11-19-18(9-6-14(2)23)20(12-22)24-21(19)15(17)3/h6,9-11,13,16,23H,2,4-5,7-8,12,22H2,1,3H3/b9-6-. The van der Waals surface area contributed by atoms with E-state index in [0.29, 0.717) is 12.5 Å². The summed E-state index contributed by atoms with van der Waals surface area (Å²) in [6.45, 7) is 8.33. The van der Waals surface area contributed by atoms with Crippen molar-refractivity contribution in [2.75, 3.05) is 0 Å². The van der Waals surface area contributed by atoms with E-state index in [4.69, 9.17) is 10.2 Å². The van der Waals surface area contributed by atoms with Gasteiger partial charge in [0.1, 0.15) is 17.1 Å². The molecule has 1 heterocycles. The lowest BCUT2D eigenvalue weighted by atomic mass is 9.78. The average molecular weight is 325 g/mol. The van der Waals surface area contributed by atoms with Crippen molar-refractivity contribution in [3.8, 4) is 0 Å². The summed E-state index contributed by atoms with van der Waals surface area (Å²) in [5.74, 6) is 2.26. The van der Waals surface area contributed by atoms with Crippen LogP contribution < -0.4 is 5.73 Å². The molecule has 1 saturated carbocycles. The molecule has 1 aromatic heterocycles. The van der Waals surface area contributed by atoms with Crippen LogP contribution in [0.1, 0.15) is 61.0 Å². The Morgan fingerprint density at radius 2 is 2.04 bits per heavy atom. The van der Waals surface area contributed by atoms with Gasteiger partial charge in [0.25, 0.3) is 0 Å². The number of fused-ring (bicyclic) bond motifs is 1. The first-order valence-electron chi connectivity index (χ1n) is 8.82. The van der Waals surface area contributed by atoms with Gasteiger partial charge in [-0.25, -0.2) is 0 Å². The molecule has 0 radical (unpaired) electrons. The molecule has 1 fully saturated rings. The summed E-state index contributed by atoms with van der Waals surface area (Å²) in [5, 5.41) is 10.4. The quantitative estimate of drug-likeness (QED) is 0.570. The normalized spacial score (nSPS) is 21.6. The zero-order chi connectivity index (χ0) is 17.3. The second-order valence-electron chi connectivity index (χ2n) is 7.08. The van der Waals surface area contributed by atoms with Gasteiger partial charge in [-0.2, -0.15) is 0 Å². The van der Waals surface area contributed by atoms with Gasteiger partial charge in [-0.1, -0.05) is 38.5 Å². The van der Waals surface area contributed by atoms with Crippen LogP contribution in [0.4, 0.5) is 0 Å². The van der Waals surface area contributed by atoms with E-state index >= 15 is 0 Å². The summed E-state index contributed by atoms with van der Waals surface area (Å²) in [7, 11) is 0. The third-order valence-corrected chi connectivity index (χ3v) is 5.35. The largest absolute Gasteiger partial charge is 0.509 e. The lowest BCUT2D eigenvalue weighted by Crippen LogP contribution is -2.11. The maximum Gasteiger partial charge on any atom is 0.138 e. The van der Waals surface area contributed by atoms with Crippen molar-refractivity contribution in [1.82, 2.24) is 0 Å². The first-order chi connectivity index (χ1) is 11.5. The van der Waals surface area contributed by atoms with Crippen LogP contribution in [-0.2, 0) is 6.54 Å². The molecule has 3 rings (SSSR count). The Balaban J connectivity index is 2.04. The van der Waals surface area contributed by atoms with Gasteiger partial charge in [0, 0.05) is 10.9 Å². The Morgan fingerprint density at radius 1 is 1.33 bits per heavy atom. The van der Waals surface area contributed by atoms with E-state index in [-0.39, 0.29) is 5.76 Å². The van der Waals surface area contributed by atoms with Crippen LogP contribution in [0.15, 0.2) is 35.0 Å². The average Bonchev–Trinajstić information content (AvgIpc) is 2.93. The number of allylic oxidation sites excluding steroid dienone is 1. The van der Waals surface area contributed by atoms with Crippen LogP contribution in [0, 0.1) is 12.8 Å². The third kappa shape index (κ3) is 3.13. The molecule has 0 spiro atoms. The molecule has 128 valence electrons. The molecule has 0 amide bonds. The second-order valence-corrected chi connectivity index (χ2v) is 7.08. The van der Waals surface area contributed by atoms with Crippen LogP contribution in [0.25, 0.3) is 17.0 Å². The van der Waals surface area contributed by atoms with Gasteiger partial charge in [0.05, 0.1) is 6.54 Å². The maximum absolute atomic E-state index is 9.33. The first kappa shape index (κ1) is 16.8. The Morgan fingerprint density at radius 3 is 2.67 bits per heavy atom. The van der Waals surface area contributed by atoms with E-state index in [1.807, 2.05) is 6.08 Å². The van der Waals surface area contributed by atoms with Gasteiger partial charge in [-0.05, 0) is 54.9 Å². The van der Waals surface area contributed by atoms with Gasteiger partial charge in [0.15, 0.2) is 0 Å². The summed E-state index contributed by atoms with van der Waals surface area (Å²) < 4.78 is 6.08. The van der Waals surface area contributed by atoms with E-state index in [0.717, 1.165) is 28.2 Å². The van der Waals surface area contributed by atoms with Crippen LogP contribution in [0.5, 0.6) is 0 Å². The molecule has 0 atom stereocenters. The highest BCUT2D eigenvalue weighted by Crippen LogP contribution is 2.40. The highest BCUT2D eigenvalue weighted by molar-refractivity contribution is 5.91. The Hall–Kier alpha value is -2.00. The van der Waals surface area contributed by atoms with Gasteiger partial charge in [0.2, 0.25) is 0 Å². The zero-order valence-corrected chi connectivity index (χ0v) is 14.6. The fourth-order valence-electron chi connectivity index (χ4n) is 3.91. The van der Waals surface area contributed by atoms with E-state index in [1.54, 1.807) is 6.08 Å². The first-order valence-corrected chi connectivity index (χ1v) is 8.82. The third-order valence-electron chi connectivity index (χ3n) is 5.35. The fraction of sp³-hybridized carbons (Fsp3) is 0.429. The number of aliphatic hydroxyl groups is 1. The van der Waals surface area contributed by atoms with Crippen molar-refractivity contribution < 1.29 is 9.52 Å². The lowest BCUT2D eigenvalue weighted by molar-refractivity contribution is 0.347. The van der Waals surface area contributed by atoms with E-state index in [2.05, 4.69) is 32.6 Å². The van der Waals surface area contributed by atoms with Gasteiger partial charge in [-0.3, -0.25) is 0 Å². The summed E-state index contributed by atoms with van der Waals surface area (Å²) in [6, 6.07) is 4.39. The van der Waals surface area contributed by atoms with E-state index in [1.165, 1.54) is 36.8 Å². The number of aliphatic hydroxyl groups excluding tert-OH is 1. The summed E-state index contributed by atoms with van der Waals surface area (Å²) in [5.41, 5.74) is 10.4. The highest BCUT2D eigenvalue weighted by Gasteiger charge is 2.23. The van der Waals surface area contributed by atoms with Crippen LogP contribution in [0.2, 0.25) is 0 Å². The van der Waals surface area contributed by atoms with E-state index < -0.39 is 0 Å². The maximum atomic E-state index is 9.33. The summed E-state index contributed by atoms with van der Waals surface area (Å²) in [6.07, 6.45) is 8.54. The van der Waals surface area contributed by atoms with Gasteiger partial charge in [-0.15, -0.1) is 0 Å². The molecule has 0 bridgehead atoms. The smallest absolute Gasteiger partial charge is 0.138 e. The van der Waals surface area contributed by atoms with Crippen molar-refractivity contribution in [3.63, 3.8) is 0 Å². The molecular formula is C21H27NO2. The van der Waals surface area contributed by atoms with Gasteiger partial charge >= 0.3 is 0 Å². The molecule has 3 nitrogen and oxygen atoms in total. The Kier molecular flexibility index (Phi) is 4.81. The molecule has 1 aromatic carbocycles. The molecule has 3 N–H and O–H groups in total. The molecular weight excluding hydrogens is 298 g/mol. The number of nitrogens with two attached hydrogens (primary N) is 1. The molecule has 0 unspecified atom stereocenters. The minimum Gasteiger partial charge on any atom is -0.509 e. The molecule has 1 aliphatic rings. The second kappa shape index (κ2) is 6.86. The zero-order valence-electron chi connectivity index (χ0n) is 14.6. The fourth-order valence-corrected chi connectivity index (χ4v) is 3.91. The number of benzene rings is 1. The predicted octanol–water partition coefficient (Wildman–Crippen LogP) is 5.58. The van der Waals surface area contributed by atoms with Crippen LogP contribution in [-0.4, -0.2) is 5.11 Å². The van der Waals surface area contributed by atoms with E-state index in [9.17, 15) is 5.11 Å². The van der Waals surface area contributed by atoms with Crippen molar-refractivity contribution in [3.05, 3.63) is 53.0 Å². The SMILES string of the molecule is C=C(O)/C=C\c1c(CN)oc2c(C)c(C3CCC(C)CC3)ccc12. The predicted molar refractivity (Wildman–Crippen MR) is 100 cm³/mol. The minimum absolute atomic E-state index is 0.0250. The van der Waals surface area contributed by atoms with Gasteiger partial charge < -0.3 is 15.3 Å². The van der Waals surface area contributed by atoms with Crippen molar-refractivity contribution in [2.24, 2.45) is 11.7 Å². The lowest BCUT2D eigenvalue weighted by Gasteiger charge is -2.27. The molecule has 3 heteroatoms. The summed E-state index contributed by atoms with van der Waals surface area (Å²) in [4.78, 5) is 0. The molecule has 0 saturated heterocycles. The van der Waals surface area contributed by atoms with Crippen LogP contribution in [0.3, 0.4) is 0 Å². The highest BCUT2D eigenvalue weighted by atomic mass is 16.3. The van der Waals surface area contributed by atoms with Crippen molar-refractivity contribution >= 4 is 17.0 Å². The number of aryl methyl sites for hydroxylation is 1. The monoisotopic (exact) mass is 325 g/mol. The molecule has 2 aromatic rings. The minimum atomic E-state index is 0.0250. The molecule has 1 aliphatic carbocycles. The Labute approximate surface area is 143 Å². The number of hydrogen-bond acceptors (Lipinski definition) is 3. The Bertz CT molecular complexity index is 777. The number of hydrogen-bond donors (Lipinski definition) is 2. The van der Waals surface area contributed by atoms with Crippen LogP contribution >= 0.6 is 0 Å².